The normalized spacial score (nSPS) is 22.3. The SMILES string of the molecule is COc1cc2ncnc(N3CCC(CCNC4C(=O)C(=O)C4N)CC3)c2cc1OC. The Morgan fingerprint density at radius 3 is 2.47 bits per heavy atom. The van der Waals surface area contributed by atoms with Gasteiger partial charge in [0, 0.05) is 24.5 Å². The number of carbonyl (C=O) groups is 2. The van der Waals surface area contributed by atoms with Gasteiger partial charge in [-0.1, -0.05) is 0 Å². The van der Waals surface area contributed by atoms with E-state index < -0.39 is 17.9 Å². The number of ketones is 2. The van der Waals surface area contributed by atoms with Crippen LogP contribution in [-0.2, 0) is 9.59 Å². The van der Waals surface area contributed by atoms with E-state index in [-0.39, 0.29) is 5.78 Å². The fourth-order valence-electron chi connectivity index (χ4n) is 4.25. The third-order valence-electron chi connectivity index (χ3n) is 6.14. The standard InChI is InChI=1S/C21H27N5O4/c1-29-15-9-13-14(10-16(15)30-2)24-11-25-21(13)26-7-4-12(5-8-26)3-6-23-18-17(22)19(27)20(18)28/h9-12,17-18,23H,3-8,22H2,1-2H3. The molecule has 1 aromatic heterocycles. The van der Waals surface area contributed by atoms with E-state index in [0.29, 0.717) is 24.0 Å². The van der Waals surface area contributed by atoms with Crippen LogP contribution in [0, 0.1) is 5.92 Å². The maximum absolute atomic E-state index is 11.5. The van der Waals surface area contributed by atoms with Crippen molar-refractivity contribution in [2.75, 3.05) is 38.8 Å². The Labute approximate surface area is 174 Å². The monoisotopic (exact) mass is 413 g/mol. The van der Waals surface area contributed by atoms with Crippen molar-refractivity contribution in [1.82, 2.24) is 15.3 Å². The highest BCUT2D eigenvalue weighted by molar-refractivity contribution is 6.48. The van der Waals surface area contributed by atoms with Crippen molar-refractivity contribution in [3.63, 3.8) is 0 Å². The van der Waals surface area contributed by atoms with Gasteiger partial charge in [0.2, 0.25) is 11.6 Å². The largest absolute Gasteiger partial charge is 0.493 e. The third kappa shape index (κ3) is 3.70. The van der Waals surface area contributed by atoms with E-state index in [1.165, 1.54) is 0 Å². The summed E-state index contributed by atoms with van der Waals surface area (Å²) in [7, 11) is 3.23. The molecule has 2 aliphatic rings. The molecule has 0 amide bonds. The maximum atomic E-state index is 11.5. The van der Waals surface area contributed by atoms with Gasteiger partial charge in [0.1, 0.15) is 12.1 Å². The minimum atomic E-state index is -0.680. The number of ether oxygens (including phenoxy) is 2. The van der Waals surface area contributed by atoms with Gasteiger partial charge < -0.3 is 25.4 Å². The number of benzene rings is 1. The lowest BCUT2D eigenvalue weighted by Gasteiger charge is -2.34. The zero-order chi connectivity index (χ0) is 21.3. The number of aromatic nitrogens is 2. The summed E-state index contributed by atoms with van der Waals surface area (Å²) in [4.78, 5) is 34.0. The molecule has 1 aromatic carbocycles. The van der Waals surface area contributed by atoms with E-state index in [1.807, 2.05) is 12.1 Å². The van der Waals surface area contributed by atoms with Gasteiger partial charge in [-0.3, -0.25) is 9.59 Å². The molecule has 1 saturated carbocycles. The van der Waals surface area contributed by atoms with Gasteiger partial charge in [0.05, 0.1) is 31.8 Å². The summed E-state index contributed by atoms with van der Waals surface area (Å²) in [6.45, 7) is 2.48. The van der Waals surface area contributed by atoms with Gasteiger partial charge in [0.25, 0.3) is 0 Å². The highest BCUT2D eigenvalue weighted by Crippen LogP contribution is 2.35. The van der Waals surface area contributed by atoms with Gasteiger partial charge in [0.15, 0.2) is 11.5 Å². The highest BCUT2D eigenvalue weighted by Gasteiger charge is 2.46. The number of carbonyl (C=O) groups excluding carboxylic acids is 2. The molecule has 2 fully saturated rings. The molecule has 3 N–H and O–H groups in total. The van der Waals surface area contributed by atoms with Crippen LogP contribution in [0.2, 0.25) is 0 Å². The molecule has 0 spiro atoms. The van der Waals surface area contributed by atoms with E-state index >= 15 is 0 Å². The maximum Gasteiger partial charge on any atom is 0.219 e. The van der Waals surface area contributed by atoms with Crippen LogP contribution in [0.15, 0.2) is 18.5 Å². The molecule has 0 radical (unpaired) electrons. The van der Waals surface area contributed by atoms with Crippen LogP contribution in [0.5, 0.6) is 11.5 Å². The molecule has 4 rings (SSSR count). The van der Waals surface area contributed by atoms with E-state index in [2.05, 4.69) is 20.2 Å². The number of methoxy groups -OCH3 is 2. The zero-order valence-electron chi connectivity index (χ0n) is 17.3. The predicted octanol–water partition coefficient (Wildman–Crippen LogP) is 0.691. The van der Waals surface area contributed by atoms with Gasteiger partial charge in [-0.2, -0.15) is 0 Å². The molecule has 1 aliphatic carbocycles. The van der Waals surface area contributed by atoms with Crippen molar-refractivity contribution < 1.29 is 19.1 Å². The van der Waals surface area contributed by atoms with E-state index in [0.717, 1.165) is 49.1 Å². The summed E-state index contributed by atoms with van der Waals surface area (Å²) in [5.41, 5.74) is 6.49. The van der Waals surface area contributed by atoms with Crippen molar-refractivity contribution in [3.05, 3.63) is 18.5 Å². The number of rotatable bonds is 7. The predicted molar refractivity (Wildman–Crippen MR) is 112 cm³/mol. The number of anilines is 1. The number of nitrogens with one attached hydrogen (secondary N) is 1. The van der Waals surface area contributed by atoms with Crippen molar-refractivity contribution in [1.29, 1.82) is 0 Å². The number of hydrogen-bond acceptors (Lipinski definition) is 9. The molecule has 9 nitrogen and oxygen atoms in total. The average Bonchev–Trinajstić information content (AvgIpc) is 2.80. The minimum Gasteiger partial charge on any atom is -0.493 e. The first-order chi connectivity index (χ1) is 14.5. The second-order valence-corrected chi connectivity index (χ2v) is 7.83. The Balaban J connectivity index is 1.36. The highest BCUT2D eigenvalue weighted by atomic mass is 16.5. The van der Waals surface area contributed by atoms with Crippen molar-refractivity contribution >= 4 is 28.3 Å². The lowest BCUT2D eigenvalue weighted by molar-refractivity contribution is -0.146. The topological polar surface area (TPSA) is 120 Å². The molecular formula is C21H27N5O4. The van der Waals surface area contributed by atoms with Crippen molar-refractivity contribution in [3.8, 4) is 11.5 Å². The van der Waals surface area contributed by atoms with Gasteiger partial charge >= 0.3 is 0 Å². The quantitative estimate of drug-likeness (QED) is 0.632. The summed E-state index contributed by atoms with van der Waals surface area (Å²) in [6, 6.07) is 2.62. The van der Waals surface area contributed by atoms with Crippen molar-refractivity contribution in [2.24, 2.45) is 11.7 Å². The number of Topliss-reactive ketones (excluding diaryl/α,β-unsaturated/α-hetero) is 2. The van der Waals surface area contributed by atoms with Gasteiger partial charge in [-0.15, -0.1) is 0 Å². The number of nitrogens with two attached hydrogens (primary N) is 1. The summed E-state index contributed by atoms with van der Waals surface area (Å²) in [6.07, 6.45) is 4.60. The molecule has 30 heavy (non-hydrogen) atoms. The van der Waals surface area contributed by atoms with Crippen LogP contribution in [-0.4, -0.2) is 67.5 Å². The van der Waals surface area contributed by atoms with Crippen LogP contribution < -0.4 is 25.4 Å². The Hall–Kier alpha value is -2.78. The van der Waals surface area contributed by atoms with Gasteiger partial charge in [-0.05, 0) is 37.8 Å². The fourth-order valence-corrected chi connectivity index (χ4v) is 4.25. The van der Waals surface area contributed by atoms with E-state index in [1.54, 1.807) is 20.5 Å². The third-order valence-corrected chi connectivity index (χ3v) is 6.14. The molecular weight excluding hydrogens is 386 g/mol. The zero-order valence-corrected chi connectivity index (χ0v) is 17.3. The number of nitrogens with zero attached hydrogens (tertiary/aromatic N) is 3. The molecule has 1 aliphatic heterocycles. The minimum absolute atomic E-state index is 0.389. The Morgan fingerprint density at radius 2 is 1.80 bits per heavy atom. The molecule has 160 valence electrons. The Bertz CT molecular complexity index is 958. The summed E-state index contributed by atoms with van der Waals surface area (Å²) >= 11 is 0. The molecule has 9 heteroatoms. The van der Waals surface area contributed by atoms with Gasteiger partial charge in [-0.25, -0.2) is 9.97 Å². The Kier molecular flexibility index (Phi) is 5.83. The molecule has 2 unspecified atom stereocenters. The fraction of sp³-hybridized carbons (Fsp3) is 0.524. The van der Waals surface area contributed by atoms with E-state index in [4.69, 9.17) is 15.2 Å². The second kappa shape index (κ2) is 8.53. The van der Waals surface area contributed by atoms with Crippen LogP contribution in [0.1, 0.15) is 19.3 Å². The Morgan fingerprint density at radius 1 is 1.10 bits per heavy atom. The number of fused-ring (bicyclic) bond motifs is 1. The summed E-state index contributed by atoms with van der Waals surface area (Å²) in [5, 5.41) is 4.07. The first-order valence-corrected chi connectivity index (χ1v) is 10.2. The van der Waals surface area contributed by atoms with Crippen LogP contribution >= 0.6 is 0 Å². The molecule has 2 atom stereocenters. The smallest absolute Gasteiger partial charge is 0.219 e. The van der Waals surface area contributed by atoms with Crippen LogP contribution in [0.25, 0.3) is 10.9 Å². The number of piperidine rings is 1. The second-order valence-electron chi connectivity index (χ2n) is 7.83. The van der Waals surface area contributed by atoms with Crippen LogP contribution in [0.4, 0.5) is 5.82 Å². The first-order valence-electron chi connectivity index (χ1n) is 10.2. The lowest BCUT2D eigenvalue weighted by atomic mass is 9.83. The molecule has 0 bridgehead atoms. The number of hydrogen-bond donors (Lipinski definition) is 2. The first kappa shape index (κ1) is 20.5. The molecule has 2 heterocycles. The van der Waals surface area contributed by atoms with Crippen molar-refractivity contribution in [2.45, 2.75) is 31.3 Å². The van der Waals surface area contributed by atoms with E-state index in [9.17, 15) is 9.59 Å². The lowest BCUT2D eigenvalue weighted by Crippen LogP contribution is -2.68. The molecule has 1 saturated heterocycles. The van der Waals surface area contributed by atoms with Crippen LogP contribution in [0.3, 0.4) is 0 Å². The molecule has 2 aromatic rings. The summed E-state index contributed by atoms with van der Waals surface area (Å²) in [5.74, 6) is 1.91. The summed E-state index contributed by atoms with van der Waals surface area (Å²) < 4.78 is 10.8. The average molecular weight is 413 g/mol.